The summed E-state index contributed by atoms with van der Waals surface area (Å²) in [7, 11) is 0. The summed E-state index contributed by atoms with van der Waals surface area (Å²) in [6, 6.07) is 17.0. The molecular weight excluding hydrogens is 338 g/mol. The molecule has 2 atom stereocenters. The standard InChI is InChI=1S/C20H22ClNO3/c1-14(16-8-4-3-5-9-16)12-19(23)25-15(2)20(24)22-13-17-10-6-7-11-18(17)21/h3-11,14-15H,12-13H2,1-2H3,(H,22,24)/t14-,15+/m0/s1. The summed E-state index contributed by atoms with van der Waals surface area (Å²) in [6.07, 6.45) is -0.621. The normalized spacial score (nSPS) is 12.9. The fraction of sp³-hybridized carbons (Fsp3) is 0.300. The summed E-state index contributed by atoms with van der Waals surface area (Å²) < 4.78 is 5.24. The quantitative estimate of drug-likeness (QED) is 0.758. The predicted molar refractivity (Wildman–Crippen MR) is 98.3 cm³/mol. The first-order valence-electron chi connectivity index (χ1n) is 8.23. The first-order valence-corrected chi connectivity index (χ1v) is 8.60. The topological polar surface area (TPSA) is 55.4 Å². The maximum atomic E-state index is 12.1. The molecule has 0 heterocycles. The molecule has 0 aromatic heterocycles. The van der Waals surface area contributed by atoms with Crippen LogP contribution in [-0.2, 0) is 20.9 Å². The van der Waals surface area contributed by atoms with Crippen LogP contribution in [0.15, 0.2) is 54.6 Å². The molecule has 4 nitrogen and oxygen atoms in total. The van der Waals surface area contributed by atoms with Crippen LogP contribution in [0, 0.1) is 0 Å². The third-order valence-corrected chi connectivity index (χ3v) is 4.30. The Balaban J connectivity index is 1.80. The number of carbonyl (C=O) groups excluding carboxylic acids is 2. The molecular formula is C20H22ClNO3. The summed E-state index contributed by atoms with van der Waals surface area (Å²) in [5, 5.41) is 3.32. The second-order valence-electron chi connectivity index (χ2n) is 5.96. The summed E-state index contributed by atoms with van der Waals surface area (Å²) in [5.41, 5.74) is 1.88. The van der Waals surface area contributed by atoms with Crippen molar-refractivity contribution in [2.24, 2.45) is 0 Å². The van der Waals surface area contributed by atoms with Crippen LogP contribution in [0.2, 0.25) is 5.02 Å². The Hall–Kier alpha value is -2.33. The van der Waals surface area contributed by atoms with Gasteiger partial charge in [-0.25, -0.2) is 0 Å². The predicted octanol–water partition coefficient (Wildman–Crippen LogP) is 4.08. The number of benzene rings is 2. The number of amides is 1. The summed E-state index contributed by atoms with van der Waals surface area (Å²) in [5.74, 6) is -0.704. The van der Waals surface area contributed by atoms with Crippen LogP contribution in [0.1, 0.15) is 37.3 Å². The average molecular weight is 360 g/mol. The Bertz CT molecular complexity index is 718. The highest BCUT2D eigenvalue weighted by molar-refractivity contribution is 6.31. The van der Waals surface area contributed by atoms with Crippen LogP contribution in [-0.4, -0.2) is 18.0 Å². The molecule has 0 aliphatic rings. The Morgan fingerprint density at radius 3 is 2.36 bits per heavy atom. The second-order valence-corrected chi connectivity index (χ2v) is 6.36. The van der Waals surface area contributed by atoms with E-state index < -0.39 is 12.1 Å². The number of hydrogen-bond acceptors (Lipinski definition) is 3. The lowest BCUT2D eigenvalue weighted by molar-refractivity contribution is -0.155. The number of halogens is 1. The molecule has 0 saturated carbocycles. The van der Waals surface area contributed by atoms with Crippen molar-refractivity contribution < 1.29 is 14.3 Å². The molecule has 0 aliphatic heterocycles. The van der Waals surface area contributed by atoms with Crippen molar-refractivity contribution in [3.63, 3.8) is 0 Å². The maximum absolute atomic E-state index is 12.1. The lowest BCUT2D eigenvalue weighted by atomic mass is 9.98. The van der Waals surface area contributed by atoms with Crippen molar-refractivity contribution in [3.8, 4) is 0 Å². The van der Waals surface area contributed by atoms with Crippen LogP contribution in [0.4, 0.5) is 0 Å². The van der Waals surface area contributed by atoms with E-state index in [2.05, 4.69) is 5.32 Å². The molecule has 0 fully saturated rings. The molecule has 5 heteroatoms. The molecule has 1 N–H and O–H groups in total. The largest absolute Gasteiger partial charge is 0.453 e. The summed E-state index contributed by atoms with van der Waals surface area (Å²) in [4.78, 5) is 24.1. The van der Waals surface area contributed by atoms with Crippen LogP contribution in [0.5, 0.6) is 0 Å². The molecule has 2 aromatic rings. The highest BCUT2D eigenvalue weighted by Crippen LogP contribution is 2.19. The number of hydrogen-bond donors (Lipinski definition) is 1. The van der Waals surface area contributed by atoms with Gasteiger partial charge in [0.05, 0.1) is 6.42 Å². The van der Waals surface area contributed by atoms with Crippen molar-refractivity contribution in [3.05, 3.63) is 70.7 Å². The van der Waals surface area contributed by atoms with E-state index in [-0.39, 0.29) is 18.2 Å². The van der Waals surface area contributed by atoms with Crippen LogP contribution >= 0.6 is 11.6 Å². The van der Waals surface area contributed by atoms with E-state index in [1.165, 1.54) is 0 Å². The number of carbonyl (C=O) groups is 2. The van der Waals surface area contributed by atoms with Gasteiger partial charge in [0.1, 0.15) is 0 Å². The monoisotopic (exact) mass is 359 g/mol. The van der Waals surface area contributed by atoms with Gasteiger partial charge in [0.2, 0.25) is 0 Å². The van der Waals surface area contributed by atoms with E-state index in [4.69, 9.17) is 16.3 Å². The highest BCUT2D eigenvalue weighted by Gasteiger charge is 2.19. The molecule has 0 bridgehead atoms. The van der Waals surface area contributed by atoms with E-state index in [1.807, 2.05) is 55.5 Å². The van der Waals surface area contributed by atoms with Gasteiger partial charge in [-0.3, -0.25) is 9.59 Å². The molecule has 0 spiro atoms. The van der Waals surface area contributed by atoms with Crippen molar-refractivity contribution in [2.45, 2.75) is 38.8 Å². The minimum atomic E-state index is -0.849. The van der Waals surface area contributed by atoms with Gasteiger partial charge in [-0.1, -0.05) is 67.1 Å². The van der Waals surface area contributed by atoms with Crippen molar-refractivity contribution in [2.75, 3.05) is 0 Å². The van der Waals surface area contributed by atoms with Gasteiger partial charge in [0.15, 0.2) is 6.10 Å². The van der Waals surface area contributed by atoms with Crippen molar-refractivity contribution in [1.82, 2.24) is 5.32 Å². The Labute approximate surface area is 153 Å². The SMILES string of the molecule is C[C@@H](OC(=O)C[C@H](C)c1ccccc1)C(=O)NCc1ccccc1Cl. The van der Waals surface area contributed by atoms with Crippen molar-refractivity contribution >= 4 is 23.5 Å². The van der Waals surface area contributed by atoms with Gasteiger partial charge < -0.3 is 10.1 Å². The molecule has 1 amide bonds. The van der Waals surface area contributed by atoms with Gasteiger partial charge in [-0.2, -0.15) is 0 Å². The van der Waals surface area contributed by atoms with E-state index in [0.29, 0.717) is 11.6 Å². The molecule has 2 aromatic carbocycles. The third kappa shape index (κ3) is 5.91. The zero-order valence-corrected chi connectivity index (χ0v) is 15.1. The zero-order valence-electron chi connectivity index (χ0n) is 14.4. The lowest BCUT2D eigenvalue weighted by Gasteiger charge is -2.16. The lowest BCUT2D eigenvalue weighted by Crippen LogP contribution is -2.35. The second kappa shape index (κ2) is 9.23. The van der Waals surface area contributed by atoms with E-state index >= 15 is 0 Å². The smallest absolute Gasteiger partial charge is 0.307 e. The van der Waals surface area contributed by atoms with Gasteiger partial charge in [0, 0.05) is 11.6 Å². The Morgan fingerprint density at radius 2 is 1.68 bits per heavy atom. The number of esters is 1. The minimum absolute atomic E-state index is 0.0343. The van der Waals surface area contributed by atoms with Crippen molar-refractivity contribution in [1.29, 1.82) is 0 Å². The molecule has 132 valence electrons. The van der Waals surface area contributed by atoms with Crippen LogP contribution in [0.25, 0.3) is 0 Å². The molecule has 0 radical (unpaired) electrons. The Morgan fingerprint density at radius 1 is 1.04 bits per heavy atom. The van der Waals surface area contributed by atoms with Crippen LogP contribution in [0.3, 0.4) is 0 Å². The zero-order chi connectivity index (χ0) is 18.2. The number of nitrogens with one attached hydrogen (secondary N) is 1. The molecule has 2 rings (SSSR count). The first-order chi connectivity index (χ1) is 12.0. The van der Waals surface area contributed by atoms with Gasteiger partial charge in [0.25, 0.3) is 5.91 Å². The number of ether oxygens (including phenoxy) is 1. The van der Waals surface area contributed by atoms with Gasteiger partial charge >= 0.3 is 5.97 Å². The average Bonchev–Trinajstić information content (AvgIpc) is 2.61. The fourth-order valence-corrected chi connectivity index (χ4v) is 2.62. The van der Waals surface area contributed by atoms with Gasteiger partial charge in [-0.05, 0) is 30.0 Å². The molecule has 0 saturated heterocycles. The maximum Gasteiger partial charge on any atom is 0.307 e. The van der Waals surface area contributed by atoms with E-state index in [1.54, 1.807) is 13.0 Å². The van der Waals surface area contributed by atoms with E-state index in [9.17, 15) is 9.59 Å². The summed E-state index contributed by atoms with van der Waals surface area (Å²) >= 11 is 6.05. The third-order valence-electron chi connectivity index (χ3n) is 3.93. The Kier molecular flexibility index (Phi) is 7.02. The minimum Gasteiger partial charge on any atom is -0.453 e. The number of rotatable bonds is 7. The van der Waals surface area contributed by atoms with Crippen LogP contribution < -0.4 is 5.32 Å². The van der Waals surface area contributed by atoms with Gasteiger partial charge in [-0.15, -0.1) is 0 Å². The highest BCUT2D eigenvalue weighted by atomic mass is 35.5. The first kappa shape index (κ1) is 19.0. The fourth-order valence-electron chi connectivity index (χ4n) is 2.42. The molecule has 0 unspecified atom stereocenters. The summed E-state index contributed by atoms with van der Waals surface area (Å²) in [6.45, 7) is 3.81. The van der Waals surface area contributed by atoms with E-state index in [0.717, 1.165) is 11.1 Å². The molecule has 0 aliphatic carbocycles. The molecule has 25 heavy (non-hydrogen) atoms.